The van der Waals surface area contributed by atoms with Gasteiger partial charge in [0, 0.05) is 29.0 Å². The molecule has 45 heavy (non-hydrogen) atoms. The third-order valence-electron chi connectivity index (χ3n) is 10.2. The van der Waals surface area contributed by atoms with E-state index in [1.54, 1.807) is 25.1 Å². The molecule has 0 spiro atoms. The summed E-state index contributed by atoms with van der Waals surface area (Å²) >= 11 is 9.76. The van der Waals surface area contributed by atoms with Crippen LogP contribution in [0.5, 0.6) is 5.75 Å². The largest absolute Gasteiger partial charge is 0.487 e. The van der Waals surface area contributed by atoms with Crippen molar-refractivity contribution in [3.05, 3.63) is 58.1 Å². The minimum Gasteiger partial charge on any atom is -0.487 e. The van der Waals surface area contributed by atoms with Gasteiger partial charge in [0.1, 0.15) is 12.4 Å². The molecule has 2 aliphatic heterocycles. The normalized spacial score (nSPS) is 29.2. The van der Waals surface area contributed by atoms with E-state index >= 15 is 0 Å². The zero-order chi connectivity index (χ0) is 32.2. The van der Waals surface area contributed by atoms with Crippen molar-refractivity contribution < 1.29 is 27.8 Å². The number of aryl methyl sites for hydroxylation is 1. The lowest BCUT2D eigenvalue weighted by Crippen LogP contribution is -2.53. The summed E-state index contributed by atoms with van der Waals surface area (Å²) in [7, 11) is -3.94. The second kappa shape index (κ2) is 14.9. The molecule has 8 nitrogen and oxygen atoms in total. The predicted octanol–water partition coefficient (Wildman–Crippen LogP) is 6.50. The maximum absolute atomic E-state index is 13.4. The molecule has 0 saturated heterocycles. The molecule has 1 unspecified atom stereocenters. The number of hydrogen-bond donors (Lipinski definition) is 2. The topological polar surface area (TPSA) is 105 Å². The molecule has 2 bridgehead atoms. The maximum Gasteiger partial charge on any atom is 0.264 e. The summed E-state index contributed by atoms with van der Waals surface area (Å²) in [6.07, 6.45) is 6.45. The van der Waals surface area contributed by atoms with Gasteiger partial charge in [-0.25, -0.2) is 13.1 Å². The van der Waals surface area contributed by atoms with Gasteiger partial charge in [0.05, 0.1) is 29.8 Å². The molecule has 2 aromatic rings. The second-order valence-electron chi connectivity index (χ2n) is 13.1. The van der Waals surface area contributed by atoms with Crippen LogP contribution >= 0.6 is 27.5 Å². The van der Waals surface area contributed by atoms with Crippen LogP contribution in [0.1, 0.15) is 80.3 Å². The van der Waals surface area contributed by atoms with Crippen LogP contribution in [-0.2, 0) is 27.8 Å². The van der Waals surface area contributed by atoms with Gasteiger partial charge in [-0.3, -0.25) is 4.79 Å². The van der Waals surface area contributed by atoms with Crippen LogP contribution in [0.15, 0.2) is 36.4 Å². The number of sulfonamides is 1. The summed E-state index contributed by atoms with van der Waals surface area (Å²) < 4.78 is 41.4. The number of rotatable bonds is 4. The van der Waals surface area contributed by atoms with E-state index in [1.165, 1.54) is 5.56 Å². The van der Waals surface area contributed by atoms with Gasteiger partial charge in [-0.15, -0.1) is 0 Å². The first kappa shape index (κ1) is 34.5. The Morgan fingerprint density at radius 2 is 1.93 bits per heavy atom. The lowest BCUT2D eigenvalue weighted by Gasteiger charge is -2.49. The number of alkyl halides is 1. The minimum atomic E-state index is -3.94. The molecule has 2 aromatic carbocycles. The molecule has 1 saturated carbocycles. The molecule has 0 aromatic heterocycles. The Balaban J connectivity index is 1.54. The van der Waals surface area contributed by atoms with E-state index in [1.807, 2.05) is 25.1 Å². The molecule has 5 rings (SSSR count). The SMILES string of the molecule is C[C@@H]1[C@@H](C)CCCC(O)(COCCBr)[C@@H]2CC[C@H]2CN2CCCCc3cc(Cl)ccc3COc3ccc(cc32)C(=O)NS1(=O)=O. The zero-order valence-electron chi connectivity index (χ0n) is 26.3. The van der Waals surface area contributed by atoms with Crippen LogP contribution in [0.3, 0.4) is 0 Å². The van der Waals surface area contributed by atoms with Crippen molar-refractivity contribution in [1.29, 1.82) is 0 Å². The Kier molecular flexibility index (Phi) is 11.4. The molecule has 5 atom stereocenters. The molecule has 248 valence electrons. The van der Waals surface area contributed by atoms with Crippen LogP contribution in [-0.4, -0.2) is 61.9 Å². The third-order valence-corrected chi connectivity index (χ3v) is 12.6. The van der Waals surface area contributed by atoms with Gasteiger partial charge in [0.15, 0.2) is 0 Å². The number of nitrogens with one attached hydrogen (secondary N) is 1. The summed E-state index contributed by atoms with van der Waals surface area (Å²) in [5, 5.41) is 12.7. The predicted molar refractivity (Wildman–Crippen MR) is 182 cm³/mol. The number of halogens is 2. The molecular formula is C34H46BrClN2O6S. The highest BCUT2D eigenvalue weighted by Gasteiger charge is 2.47. The van der Waals surface area contributed by atoms with E-state index in [4.69, 9.17) is 21.1 Å². The minimum absolute atomic E-state index is 0.0534. The molecule has 2 heterocycles. The quantitative estimate of drug-likeness (QED) is 0.274. The Bertz CT molecular complexity index is 1460. The summed E-state index contributed by atoms with van der Waals surface area (Å²) in [5.74, 6) is 0.0728. The molecule has 0 radical (unpaired) electrons. The second-order valence-corrected chi connectivity index (χ2v) is 16.4. The molecule has 11 heteroatoms. The number of benzene rings is 2. The first-order valence-corrected chi connectivity index (χ1v) is 19.3. The average molecular weight is 726 g/mol. The Labute approximate surface area is 281 Å². The molecule has 3 aliphatic rings. The highest BCUT2D eigenvalue weighted by molar-refractivity contribution is 9.09. The van der Waals surface area contributed by atoms with E-state index in [9.17, 15) is 18.3 Å². The van der Waals surface area contributed by atoms with Crippen molar-refractivity contribution in [2.75, 3.05) is 36.5 Å². The van der Waals surface area contributed by atoms with Gasteiger partial charge < -0.3 is 19.5 Å². The smallest absolute Gasteiger partial charge is 0.264 e. The number of anilines is 1. The molecular weight excluding hydrogens is 680 g/mol. The van der Waals surface area contributed by atoms with Crippen LogP contribution < -0.4 is 14.4 Å². The van der Waals surface area contributed by atoms with Crippen molar-refractivity contribution >= 4 is 49.1 Å². The fourth-order valence-corrected chi connectivity index (χ4v) is 8.81. The zero-order valence-corrected chi connectivity index (χ0v) is 29.4. The Hall–Kier alpha value is -1.85. The van der Waals surface area contributed by atoms with E-state index in [2.05, 4.69) is 25.6 Å². The number of carbonyl (C=O) groups is 1. The third kappa shape index (κ3) is 8.18. The molecule has 1 aliphatic carbocycles. The molecule has 1 fully saturated rings. The van der Waals surface area contributed by atoms with E-state index in [-0.39, 0.29) is 29.9 Å². The van der Waals surface area contributed by atoms with Crippen LogP contribution in [0.4, 0.5) is 5.69 Å². The highest BCUT2D eigenvalue weighted by atomic mass is 79.9. The lowest BCUT2D eigenvalue weighted by atomic mass is 9.63. The highest BCUT2D eigenvalue weighted by Crippen LogP contribution is 2.46. The van der Waals surface area contributed by atoms with E-state index < -0.39 is 26.8 Å². The van der Waals surface area contributed by atoms with Gasteiger partial charge in [-0.2, -0.15) is 0 Å². The summed E-state index contributed by atoms with van der Waals surface area (Å²) in [5.41, 5.74) is 2.26. The number of fused-ring (bicyclic) bond motifs is 3. The van der Waals surface area contributed by atoms with Gasteiger partial charge >= 0.3 is 0 Å². The summed E-state index contributed by atoms with van der Waals surface area (Å²) in [6.45, 7) is 6.07. The van der Waals surface area contributed by atoms with Gasteiger partial charge in [0.25, 0.3) is 5.91 Å². The Morgan fingerprint density at radius 3 is 2.69 bits per heavy atom. The first-order valence-electron chi connectivity index (χ1n) is 16.2. The van der Waals surface area contributed by atoms with Crippen molar-refractivity contribution in [3.8, 4) is 5.75 Å². The van der Waals surface area contributed by atoms with Crippen molar-refractivity contribution in [1.82, 2.24) is 4.72 Å². The number of nitrogens with zero attached hydrogens (tertiary/aromatic N) is 1. The number of hydrogen-bond acceptors (Lipinski definition) is 7. The van der Waals surface area contributed by atoms with Crippen molar-refractivity contribution in [3.63, 3.8) is 0 Å². The van der Waals surface area contributed by atoms with Crippen LogP contribution in [0, 0.1) is 17.8 Å². The Morgan fingerprint density at radius 1 is 1.11 bits per heavy atom. The number of amides is 1. The summed E-state index contributed by atoms with van der Waals surface area (Å²) in [4.78, 5) is 15.7. The molecule has 1 amide bonds. The van der Waals surface area contributed by atoms with Crippen LogP contribution in [0.25, 0.3) is 0 Å². The standard InChI is InChI=1S/C34H46BrClN2O6S/c1-23-6-5-14-34(40,22-43-17-15-35)30-12-9-27(30)20-38-16-4-3-7-25-18-29(36)11-8-28(25)21-44-32-13-10-26(19-31(32)38)33(39)37-45(41,42)24(23)2/h8,10-11,13,18-19,23-24,27,30,40H,3-7,9,12,14-17,20-22H2,1-2H3,(H,37,39)/t23-,24+,27-,30+,34?/m0/s1. The first-order chi connectivity index (χ1) is 21.5. The van der Waals surface area contributed by atoms with Gasteiger partial charge in [-0.05, 0) is 111 Å². The molecule has 2 N–H and O–H groups in total. The fourth-order valence-electron chi connectivity index (χ4n) is 7.08. The lowest BCUT2D eigenvalue weighted by molar-refractivity contribution is -0.130. The van der Waals surface area contributed by atoms with Crippen molar-refractivity contribution in [2.24, 2.45) is 17.8 Å². The number of aliphatic hydroxyl groups is 1. The van der Waals surface area contributed by atoms with E-state index in [0.717, 1.165) is 49.9 Å². The van der Waals surface area contributed by atoms with Crippen LogP contribution in [0.2, 0.25) is 5.02 Å². The van der Waals surface area contributed by atoms with E-state index in [0.29, 0.717) is 55.1 Å². The summed E-state index contributed by atoms with van der Waals surface area (Å²) in [6, 6.07) is 11.1. The van der Waals surface area contributed by atoms with Gasteiger partial charge in [-0.1, -0.05) is 46.9 Å². The van der Waals surface area contributed by atoms with Gasteiger partial charge in [0.2, 0.25) is 10.0 Å². The average Bonchev–Trinajstić information content (AvgIpc) is 3.01. The number of carbonyl (C=O) groups excluding carboxylic acids is 1. The van der Waals surface area contributed by atoms with Crippen molar-refractivity contribution in [2.45, 2.75) is 82.7 Å². The fraction of sp³-hybridized carbons (Fsp3) is 0.618. The number of ether oxygens (including phenoxy) is 2. The maximum atomic E-state index is 13.4. The monoisotopic (exact) mass is 724 g/mol.